The number of hydrogen-bond acceptors (Lipinski definition) is 3. The summed E-state index contributed by atoms with van der Waals surface area (Å²) in [6, 6.07) is 8.84. The van der Waals surface area contributed by atoms with Gasteiger partial charge in [-0.3, -0.25) is 9.48 Å². The van der Waals surface area contributed by atoms with E-state index in [1.807, 2.05) is 22.6 Å². The first kappa shape index (κ1) is 15.3. The molecule has 1 N–H and O–H groups in total. The van der Waals surface area contributed by atoms with Crippen LogP contribution in [0.4, 0.5) is 0 Å². The number of aromatic carboxylic acids is 1. The van der Waals surface area contributed by atoms with Crippen molar-refractivity contribution in [3.8, 4) is 0 Å². The number of carboxylic acids is 1. The Morgan fingerprint density at radius 3 is 2.83 bits per heavy atom. The van der Waals surface area contributed by atoms with Crippen LogP contribution < -0.4 is 0 Å². The van der Waals surface area contributed by atoms with Gasteiger partial charge in [-0.25, -0.2) is 4.79 Å². The Kier molecular flexibility index (Phi) is 4.14. The van der Waals surface area contributed by atoms with Crippen molar-refractivity contribution in [2.45, 2.75) is 32.9 Å². The number of rotatable bonds is 4. The van der Waals surface area contributed by atoms with E-state index in [4.69, 9.17) is 0 Å². The number of carbonyl (C=O) groups is 2. The van der Waals surface area contributed by atoms with Crippen LogP contribution in [0.25, 0.3) is 0 Å². The number of hydrogen-bond donors (Lipinski definition) is 1. The summed E-state index contributed by atoms with van der Waals surface area (Å²) in [5.41, 5.74) is 2.98. The molecule has 3 rings (SSSR count). The molecule has 1 aromatic carbocycles. The minimum atomic E-state index is -0.953. The van der Waals surface area contributed by atoms with Crippen molar-refractivity contribution in [2.75, 3.05) is 6.54 Å². The molecule has 0 atom stereocenters. The SMILES string of the molecule is Cc1cc2n(n1)CCN(C(=O)CCc1ccccc1C(=O)O)C2. The van der Waals surface area contributed by atoms with Crippen molar-refractivity contribution in [3.05, 3.63) is 52.8 Å². The lowest BCUT2D eigenvalue weighted by molar-refractivity contribution is -0.132. The summed E-state index contributed by atoms with van der Waals surface area (Å²) in [6.45, 7) is 3.87. The van der Waals surface area contributed by atoms with E-state index in [0.29, 0.717) is 38.0 Å². The second kappa shape index (κ2) is 6.24. The molecule has 2 heterocycles. The van der Waals surface area contributed by atoms with Gasteiger partial charge in [-0.05, 0) is 31.0 Å². The maximum Gasteiger partial charge on any atom is 0.335 e. The lowest BCUT2D eigenvalue weighted by Gasteiger charge is -2.27. The normalized spacial score (nSPS) is 13.7. The Labute approximate surface area is 134 Å². The van der Waals surface area contributed by atoms with E-state index in [2.05, 4.69) is 5.10 Å². The molecule has 23 heavy (non-hydrogen) atoms. The maximum atomic E-state index is 12.4. The molecule has 1 aliphatic rings. The van der Waals surface area contributed by atoms with Crippen LogP contribution in [-0.2, 0) is 24.3 Å². The van der Waals surface area contributed by atoms with Gasteiger partial charge >= 0.3 is 5.97 Å². The standard InChI is InChI=1S/C17H19N3O3/c1-12-10-14-11-19(8-9-20(14)18-12)16(21)7-6-13-4-2-3-5-15(13)17(22)23/h2-5,10H,6-9,11H2,1H3,(H,22,23). The summed E-state index contributed by atoms with van der Waals surface area (Å²) >= 11 is 0. The molecular formula is C17H19N3O3. The van der Waals surface area contributed by atoms with E-state index in [1.54, 1.807) is 24.3 Å². The van der Waals surface area contributed by atoms with Crippen LogP contribution in [0.2, 0.25) is 0 Å². The Balaban J connectivity index is 1.64. The number of nitrogens with zero attached hydrogens (tertiary/aromatic N) is 3. The zero-order valence-corrected chi connectivity index (χ0v) is 13.0. The molecule has 2 aromatic rings. The quantitative estimate of drug-likeness (QED) is 0.935. The molecule has 1 amide bonds. The van der Waals surface area contributed by atoms with Crippen LogP contribution >= 0.6 is 0 Å². The topological polar surface area (TPSA) is 75.4 Å². The van der Waals surface area contributed by atoms with Crippen molar-refractivity contribution in [1.29, 1.82) is 0 Å². The van der Waals surface area contributed by atoms with Gasteiger partial charge < -0.3 is 10.0 Å². The average molecular weight is 313 g/mol. The van der Waals surface area contributed by atoms with Gasteiger partial charge in [-0.2, -0.15) is 5.10 Å². The smallest absolute Gasteiger partial charge is 0.335 e. The van der Waals surface area contributed by atoms with Crippen molar-refractivity contribution >= 4 is 11.9 Å². The highest BCUT2D eigenvalue weighted by atomic mass is 16.4. The summed E-state index contributed by atoms with van der Waals surface area (Å²) < 4.78 is 1.94. The summed E-state index contributed by atoms with van der Waals surface area (Å²) in [4.78, 5) is 25.4. The first-order chi connectivity index (χ1) is 11.0. The fourth-order valence-electron chi connectivity index (χ4n) is 2.97. The molecule has 120 valence electrons. The molecule has 0 bridgehead atoms. The molecule has 6 heteroatoms. The predicted octanol–water partition coefficient (Wildman–Crippen LogP) is 1.86. The van der Waals surface area contributed by atoms with Crippen LogP contribution in [-0.4, -0.2) is 38.2 Å². The number of aromatic nitrogens is 2. The van der Waals surface area contributed by atoms with Crippen LogP contribution in [0, 0.1) is 6.92 Å². The molecule has 1 aromatic heterocycles. The van der Waals surface area contributed by atoms with Crippen molar-refractivity contribution in [2.24, 2.45) is 0 Å². The van der Waals surface area contributed by atoms with Crippen LogP contribution in [0.3, 0.4) is 0 Å². The first-order valence-electron chi connectivity index (χ1n) is 7.67. The summed E-state index contributed by atoms with van der Waals surface area (Å²) in [5, 5.41) is 13.6. The number of carboxylic acid groups (broad SMARTS) is 1. The van der Waals surface area contributed by atoms with E-state index in [1.165, 1.54) is 0 Å². The average Bonchev–Trinajstić information content (AvgIpc) is 2.91. The van der Waals surface area contributed by atoms with Gasteiger partial charge in [-0.1, -0.05) is 18.2 Å². The van der Waals surface area contributed by atoms with E-state index in [0.717, 1.165) is 11.4 Å². The molecule has 1 aliphatic heterocycles. The zero-order chi connectivity index (χ0) is 16.4. The summed E-state index contributed by atoms with van der Waals surface area (Å²) in [6.07, 6.45) is 0.757. The highest BCUT2D eigenvalue weighted by Gasteiger charge is 2.22. The van der Waals surface area contributed by atoms with Crippen molar-refractivity contribution in [1.82, 2.24) is 14.7 Å². The molecule has 0 unspecified atom stereocenters. The molecule has 0 spiro atoms. The third-order valence-electron chi connectivity index (χ3n) is 4.13. The monoisotopic (exact) mass is 313 g/mol. The van der Waals surface area contributed by atoms with E-state index < -0.39 is 5.97 Å². The lowest BCUT2D eigenvalue weighted by Crippen LogP contribution is -2.38. The van der Waals surface area contributed by atoms with Gasteiger partial charge in [0.05, 0.1) is 30.0 Å². The largest absolute Gasteiger partial charge is 0.478 e. The van der Waals surface area contributed by atoms with Gasteiger partial charge in [0.25, 0.3) is 0 Å². The number of fused-ring (bicyclic) bond motifs is 1. The molecule has 0 saturated heterocycles. The number of carbonyl (C=O) groups excluding carboxylic acids is 1. The van der Waals surface area contributed by atoms with Crippen LogP contribution in [0.15, 0.2) is 30.3 Å². The minimum Gasteiger partial charge on any atom is -0.478 e. The van der Waals surface area contributed by atoms with Crippen LogP contribution in [0.5, 0.6) is 0 Å². The van der Waals surface area contributed by atoms with E-state index in [9.17, 15) is 14.7 Å². The Bertz CT molecular complexity index is 751. The highest BCUT2D eigenvalue weighted by Crippen LogP contribution is 2.16. The predicted molar refractivity (Wildman–Crippen MR) is 84.1 cm³/mol. The van der Waals surface area contributed by atoms with Gasteiger partial charge in [0, 0.05) is 13.0 Å². The third-order valence-corrected chi connectivity index (χ3v) is 4.13. The van der Waals surface area contributed by atoms with Gasteiger partial charge in [0.1, 0.15) is 0 Å². The van der Waals surface area contributed by atoms with Crippen molar-refractivity contribution in [3.63, 3.8) is 0 Å². The third kappa shape index (κ3) is 3.26. The second-order valence-electron chi connectivity index (χ2n) is 5.78. The zero-order valence-electron chi connectivity index (χ0n) is 13.0. The Morgan fingerprint density at radius 1 is 1.26 bits per heavy atom. The molecule has 0 fully saturated rings. The van der Waals surface area contributed by atoms with E-state index >= 15 is 0 Å². The maximum absolute atomic E-state index is 12.4. The summed E-state index contributed by atoms with van der Waals surface area (Å²) in [5.74, 6) is -0.902. The Morgan fingerprint density at radius 2 is 2.04 bits per heavy atom. The fraction of sp³-hybridized carbons (Fsp3) is 0.353. The molecular weight excluding hydrogens is 294 g/mol. The lowest BCUT2D eigenvalue weighted by atomic mass is 10.0. The molecule has 0 aliphatic carbocycles. The number of aryl methyl sites for hydroxylation is 2. The van der Waals surface area contributed by atoms with E-state index in [-0.39, 0.29) is 11.5 Å². The number of benzene rings is 1. The molecule has 0 radical (unpaired) electrons. The Hall–Kier alpha value is -2.63. The molecule has 6 nitrogen and oxygen atoms in total. The van der Waals surface area contributed by atoms with Crippen molar-refractivity contribution < 1.29 is 14.7 Å². The highest BCUT2D eigenvalue weighted by molar-refractivity contribution is 5.89. The summed E-state index contributed by atoms with van der Waals surface area (Å²) in [7, 11) is 0. The van der Waals surface area contributed by atoms with Gasteiger partial charge in [0.15, 0.2) is 0 Å². The van der Waals surface area contributed by atoms with Gasteiger partial charge in [0.2, 0.25) is 5.91 Å². The van der Waals surface area contributed by atoms with Crippen LogP contribution in [0.1, 0.15) is 33.7 Å². The minimum absolute atomic E-state index is 0.0512. The molecule has 0 saturated carbocycles. The second-order valence-corrected chi connectivity index (χ2v) is 5.78. The van der Waals surface area contributed by atoms with Gasteiger partial charge in [-0.15, -0.1) is 0 Å². The first-order valence-corrected chi connectivity index (χ1v) is 7.67. The fourth-order valence-corrected chi connectivity index (χ4v) is 2.97. The number of amides is 1.